The third kappa shape index (κ3) is 5.95. The summed E-state index contributed by atoms with van der Waals surface area (Å²) in [6.07, 6.45) is 4.51. The number of para-hydroxylation sites is 2. The van der Waals surface area contributed by atoms with Crippen LogP contribution < -0.4 is 14.5 Å². The Kier molecular flexibility index (Phi) is 8.19. The monoisotopic (exact) mass is 563 g/mol. The highest BCUT2D eigenvalue weighted by atomic mass is 16.5. The van der Waals surface area contributed by atoms with Crippen LogP contribution in [0.25, 0.3) is 17.0 Å². The molecule has 2 heterocycles. The van der Waals surface area contributed by atoms with Crippen molar-refractivity contribution in [2.45, 2.75) is 39.8 Å². The average Bonchev–Trinajstić information content (AvgIpc) is 3.34. The number of carbonyl (C=O) groups excluding carboxylic acids is 3. The number of amides is 3. The van der Waals surface area contributed by atoms with Crippen molar-refractivity contribution in [1.29, 1.82) is 0 Å². The Morgan fingerprint density at radius 1 is 0.905 bits per heavy atom. The normalized spacial score (nSPS) is 14.8. The molecule has 1 N–H and O–H groups in total. The molecule has 0 bridgehead atoms. The first-order valence-corrected chi connectivity index (χ1v) is 13.8. The number of rotatable bonds is 8. The van der Waals surface area contributed by atoms with Gasteiger partial charge in [-0.1, -0.05) is 36.4 Å². The number of carbonyl (C=O) groups is 3. The molecule has 9 heteroatoms. The van der Waals surface area contributed by atoms with Crippen molar-refractivity contribution >= 4 is 46.1 Å². The molecule has 42 heavy (non-hydrogen) atoms. The van der Waals surface area contributed by atoms with E-state index in [0.29, 0.717) is 22.8 Å². The first kappa shape index (κ1) is 28.4. The molecule has 3 aromatic carbocycles. The van der Waals surface area contributed by atoms with Gasteiger partial charge < -0.3 is 14.5 Å². The fourth-order valence-corrected chi connectivity index (χ4v) is 4.84. The van der Waals surface area contributed by atoms with Gasteiger partial charge in [0.2, 0.25) is 5.91 Å². The second-order valence-electron chi connectivity index (χ2n) is 10.5. The number of benzene rings is 3. The molecule has 4 aromatic rings. The van der Waals surface area contributed by atoms with E-state index in [4.69, 9.17) is 4.74 Å². The van der Waals surface area contributed by atoms with Gasteiger partial charge in [0, 0.05) is 35.2 Å². The zero-order valence-electron chi connectivity index (χ0n) is 24.0. The van der Waals surface area contributed by atoms with E-state index in [1.807, 2.05) is 94.4 Å². The van der Waals surface area contributed by atoms with E-state index in [1.54, 1.807) is 17.0 Å². The standard InChI is InChI=1S/C33H33N5O4/c1-22(2)38(25-14-16-26(17-15-25)42-23(3)4)31(39)21-36-18-19-37(24-10-6-5-7-11-24)33(41)28(32(36)40)20-30-27-12-8-9-13-29(27)34-35-30/h5-20,22-23H,21H2,1-4H3,(H,34,35). The third-order valence-corrected chi connectivity index (χ3v) is 6.73. The van der Waals surface area contributed by atoms with Gasteiger partial charge in [-0.3, -0.25) is 24.4 Å². The molecule has 1 aliphatic heterocycles. The van der Waals surface area contributed by atoms with E-state index < -0.39 is 11.8 Å². The summed E-state index contributed by atoms with van der Waals surface area (Å²) in [6, 6.07) is 23.6. The summed E-state index contributed by atoms with van der Waals surface area (Å²) in [7, 11) is 0. The molecule has 0 aliphatic carbocycles. The smallest absolute Gasteiger partial charge is 0.268 e. The van der Waals surface area contributed by atoms with Gasteiger partial charge >= 0.3 is 0 Å². The molecule has 0 saturated heterocycles. The van der Waals surface area contributed by atoms with Crippen molar-refractivity contribution in [2.75, 3.05) is 16.3 Å². The lowest BCUT2D eigenvalue weighted by Crippen LogP contribution is -2.44. The van der Waals surface area contributed by atoms with E-state index in [1.165, 1.54) is 28.3 Å². The van der Waals surface area contributed by atoms with E-state index in [9.17, 15) is 14.4 Å². The van der Waals surface area contributed by atoms with E-state index in [-0.39, 0.29) is 30.2 Å². The largest absolute Gasteiger partial charge is 0.491 e. The number of ether oxygens (including phenoxy) is 1. The first-order valence-electron chi connectivity index (χ1n) is 13.8. The van der Waals surface area contributed by atoms with E-state index in [0.717, 1.165) is 10.9 Å². The predicted octanol–water partition coefficient (Wildman–Crippen LogP) is 5.52. The number of hydrogen-bond acceptors (Lipinski definition) is 5. The summed E-state index contributed by atoms with van der Waals surface area (Å²) in [5, 5.41) is 8.05. The van der Waals surface area contributed by atoms with Crippen LogP contribution in [0.3, 0.4) is 0 Å². The van der Waals surface area contributed by atoms with Crippen LogP contribution in [0.15, 0.2) is 96.8 Å². The lowest BCUT2D eigenvalue weighted by atomic mass is 10.1. The zero-order chi connectivity index (χ0) is 29.8. The van der Waals surface area contributed by atoms with Crippen LogP contribution in [0.4, 0.5) is 11.4 Å². The Bertz CT molecular complexity index is 1650. The lowest BCUT2D eigenvalue weighted by molar-refractivity contribution is -0.131. The summed E-state index contributed by atoms with van der Waals surface area (Å²) < 4.78 is 5.74. The van der Waals surface area contributed by atoms with Crippen LogP contribution in [-0.2, 0) is 14.4 Å². The highest BCUT2D eigenvalue weighted by Gasteiger charge is 2.33. The highest BCUT2D eigenvalue weighted by molar-refractivity contribution is 6.28. The van der Waals surface area contributed by atoms with Gasteiger partial charge in [0.05, 0.1) is 17.3 Å². The average molecular weight is 564 g/mol. The van der Waals surface area contributed by atoms with Gasteiger partial charge in [0.1, 0.15) is 17.9 Å². The molecule has 3 amide bonds. The number of aromatic nitrogens is 2. The van der Waals surface area contributed by atoms with E-state index >= 15 is 0 Å². The fourth-order valence-electron chi connectivity index (χ4n) is 4.84. The fraction of sp³-hybridized carbons (Fsp3) is 0.212. The molecule has 0 radical (unpaired) electrons. The zero-order valence-corrected chi connectivity index (χ0v) is 24.0. The van der Waals surface area contributed by atoms with Gasteiger partial charge in [-0.15, -0.1) is 0 Å². The molecule has 0 unspecified atom stereocenters. The topological polar surface area (TPSA) is 98.8 Å². The quantitative estimate of drug-likeness (QED) is 0.225. The molecule has 1 aliphatic rings. The summed E-state index contributed by atoms with van der Waals surface area (Å²) in [4.78, 5) is 45.8. The van der Waals surface area contributed by atoms with Gasteiger partial charge in [-0.05, 0) is 76.2 Å². The van der Waals surface area contributed by atoms with Gasteiger partial charge in [-0.2, -0.15) is 5.10 Å². The summed E-state index contributed by atoms with van der Waals surface area (Å²) >= 11 is 0. The molecule has 5 rings (SSSR count). The molecule has 9 nitrogen and oxygen atoms in total. The van der Waals surface area contributed by atoms with Gasteiger partial charge in [0.25, 0.3) is 11.8 Å². The molecular formula is C33H33N5O4. The lowest BCUT2D eigenvalue weighted by Gasteiger charge is -2.29. The van der Waals surface area contributed by atoms with Crippen LogP contribution in [0.1, 0.15) is 33.4 Å². The molecule has 0 spiro atoms. The number of nitrogens with zero attached hydrogens (tertiary/aromatic N) is 4. The number of nitrogens with one attached hydrogen (secondary N) is 1. The van der Waals surface area contributed by atoms with Crippen LogP contribution in [0.2, 0.25) is 0 Å². The molecule has 0 atom stereocenters. The maximum Gasteiger partial charge on any atom is 0.268 e. The van der Waals surface area contributed by atoms with Crippen LogP contribution in [0.5, 0.6) is 5.75 Å². The van der Waals surface area contributed by atoms with E-state index in [2.05, 4.69) is 10.2 Å². The molecule has 0 saturated carbocycles. The number of aromatic amines is 1. The van der Waals surface area contributed by atoms with Gasteiger partial charge in [0.15, 0.2) is 0 Å². The van der Waals surface area contributed by atoms with Crippen LogP contribution >= 0.6 is 0 Å². The summed E-state index contributed by atoms with van der Waals surface area (Å²) in [6.45, 7) is 7.44. The van der Waals surface area contributed by atoms with Crippen molar-refractivity contribution in [1.82, 2.24) is 15.1 Å². The minimum absolute atomic E-state index is 0.0272. The number of anilines is 2. The van der Waals surface area contributed by atoms with Crippen molar-refractivity contribution in [3.05, 3.63) is 103 Å². The Morgan fingerprint density at radius 3 is 2.29 bits per heavy atom. The number of hydrogen-bond donors (Lipinski definition) is 1. The Morgan fingerprint density at radius 2 is 1.60 bits per heavy atom. The van der Waals surface area contributed by atoms with Crippen molar-refractivity contribution in [2.24, 2.45) is 0 Å². The Hall–Kier alpha value is -5.18. The number of fused-ring (bicyclic) bond motifs is 1. The van der Waals surface area contributed by atoms with Crippen LogP contribution in [0, 0.1) is 0 Å². The minimum atomic E-state index is -0.598. The Balaban J connectivity index is 1.49. The molecule has 0 fully saturated rings. The second kappa shape index (κ2) is 12.1. The van der Waals surface area contributed by atoms with Crippen molar-refractivity contribution < 1.29 is 19.1 Å². The summed E-state index contributed by atoms with van der Waals surface area (Å²) in [5.74, 6) is -0.716. The number of H-pyrrole nitrogens is 1. The SMILES string of the molecule is CC(C)Oc1ccc(N(C(=O)CN2C=CN(c3ccccc3)C(=O)C(=Cc3n[nH]c4ccccc34)C2=O)C(C)C)cc1. The van der Waals surface area contributed by atoms with Crippen molar-refractivity contribution in [3.63, 3.8) is 0 Å². The second-order valence-corrected chi connectivity index (χ2v) is 10.5. The van der Waals surface area contributed by atoms with Crippen LogP contribution in [-0.4, -0.2) is 51.5 Å². The first-order chi connectivity index (χ1) is 20.2. The van der Waals surface area contributed by atoms with Crippen molar-refractivity contribution in [3.8, 4) is 5.75 Å². The molecular weight excluding hydrogens is 530 g/mol. The maximum absolute atomic E-state index is 13.9. The minimum Gasteiger partial charge on any atom is -0.491 e. The predicted molar refractivity (Wildman–Crippen MR) is 164 cm³/mol. The molecule has 214 valence electrons. The third-order valence-electron chi connectivity index (χ3n) is 6.73. The molecule has 1 aromatic heterocycles. The Labute approximate surface area is 244 Å². The van der Waals surface area contributed by atoms with Gasteiger partial charge in [-0.25, -0.2) is 0 Å². The summed E-state index contributed by atoms with van der Waals surface area (Å²) in [5.41, 5.74) is 2.39. The maximum atomic E-state index is 13.9. The highest BCUT2D eigenvalue weighted by Crippen LogP contribution is 2.26.